The fourth-order valence-electron chi connectivity index (χ4n) is 0.102. The van der Waals surface area contributed by atoms with Crippen LogP contribution in [-0.2, 0) is 24.4 Å². The Hall–Kier alpha value is 0.702. The van der Waals surface area contributed by atoms with E-state index in [-0.39, 0.29) is 27.3 Å². The van der Waals surface area contributed by atoms with Gasteiger partial charge in [-0.05, 0) is 0 Å². The van der Waals surface area contributed by atoms with Gasteiger partial charge in [0.05, 0.1) is 0 Å². The molecule has 0 fully saturated rings. The van der Waals surface area contributed by atoms with E-state index in [4.69, 9.17) is 0 Å². The minimum Gasteiger partial charge on any atom is -0.725 e. The SMILES string of the molecule is O=S(=O)([O-])OS(=O)(=O)[O-].[Pb+2]. The van der Waals surface area contributed by atoms with Gasteiger partial charge in [0, 0.05) is 0 Å². The molecule has 0 atom stereocenters. The molecule has 0 saturated carbocycles. The Morgan fingerprint density at radius 1 is 0.900 bits per heavy atom. The summed E-state index contributed by atoms with van der Waals surface area (Å²) in [7, 11) is -10.9. The molecule has 0 aromatic rings. The van der Waals surface area contributed by atoms with Gasteiger partial charge in [0.25, 0.3) is 0 Å². The molecule has 0 spiro atoms. The number of hydrogen-bond acceptors (Lipinski definition) is 7. The minimum atomic E-state index is -5.43. The molecule has 10 heteroatoms. The van der Waals surface area contributed by atoms with Gasteiger partial charge in [-0.25, -0.2) is 16.8 Å². The Morgan fingerprint density at radius 2 is 1.10 bits per heavy atom. The van der Waals surface area contributed by atoms with Crippen molar-refractivity contribution in [2.75, 3.05) is 0 Å². The van der Waals surface area contributed by atoms with Crippen molar-refractivity contribution in [2.45, 2.75) is 0 Å². The molecule has 0 rings (SSSR count). The number of hydrogen-bond donors (Lipinski definition) is 0. The van der Waals surface area contributed by atoms with Crippen LogP contribution in [-0.4, -0.2) is 53.2 Å². The molecule has 0 amide bonds. The first-order chi connectivity index (χ1) is 3.71. The molecule has 0 aromatic carbocycles. The van der Waals surface area contributed by atoms with Crippen LogP contribution < -0.4 is 0 Å². The molecule has 7 nitrogen and oxygen atoms in total. The molecule has 0 bridgehead atoms. The van der Waals surface area contributed by atoms with E-state index >= 15 is 0 Å². The fourth-order valence-corrected chi connectivity index (χ4v) is 0.919. The third-order valence-corrected chi connectivity index (χ3v) is 1.50. The Morgan fingerprint density at radius 3 is 1.10 bits per heavy atom. The quantitative estimate of drug-likeness (QED) is 0.294. The monoisotopic (exact) mass is 384 g/mol. The van der Waals surface area contributed by atoms with Crippen LogP contribution in [0, 0.1) is 0 Å². The fraction of sp³-hybridized carbons (Fsp3) is 0. The summed E-state index contributed by atoms with van der Waals surface area (Å²) in [5.74, 6) is 0. The van der Waals surface area contributed by atoms with Gasteiger partial charge in [-0.2, -0.15) is 3.63 Å². The largest absolute Gasteiger partial charge is 2.00 e. The topological polar surface area (TPSA) is 124 Å². The number of rotatable bonds is 2. The predicted octanol–water partition coefficient (Wildman–Crippen LogP) is -2.46. The first-order valence-electron chi connectivity index (χ1n) is 1.33. The summed E-state index contributed by atoms with van der Waals surface area (Å²) in [5, 5.41) is 0. The van der Waals surface area contributed by atoms with Crippen LogP contribution in [0.3, 0.4) is 0 Å². The van der Waals surface area contributed by atoms with Gasteiger partial charge < -0.3 is 9.11 Å². The van der Waals surface area contributed by atoms with Gasteiger partial charge in [0.2, 0.25) is 20.8 Å². The van der Waals surface area contributed by atoms with Crippen molar-refractivity contribution in [1.82, 2.24) is 0 Å². The minimum absolute atomic E-state index is 0. The first-order valence-corrected chi connectivity index (χ1v) is 4.00. The Balaban J connectivity index is 0. The summed E-state index contributed by atoms with van der Waals surface area (Å²) in [6.07, 6.45) is 0. The van der Waals surface area contributed by atoms with Crippen molar-refractivity contribution in [3.05, 3.63) is 0 Å². The Bertz CT molecular complexity index is 237. The maximum absolute atomic E-state index is 9.29. The van der Waals surface area contributed by atoms with Gasteiger partial charge in [-0.3, -0.25) is 0 Å². The van der Waals surface area contributed by atoms with Crippen LogP contribution in [0.25, 0.3) is 0 Å². The van der Waals surface area contributed by atoms with Gasteiger partial charge in [0.15, 0.2) is 0 Å². The average molecular weight is 383 g/mol. The van der Waals surface area contributed by atoms with Gasteiger partial charge in [0.1, 0.15) is 0 Å². The molecular formula is O7PbS2. The standard InChI is InChI=1S/H2O7S2.Pb/c1-8(2,3)7-9(4,5)6;/h(H,1,2,3)(H,4,5,6);/q;+2/p-2. The van der Waals surface area contributed by atoms with E-state index in [2.05, 4.69) is 3.63 Å². The third kappa shape index (κ3) is 11.5. The maximum atomic E-state index is 9.29. The molecule has 0 heterocycles. The van der Waals surface area contributed by atoms with Gasteiger partial charge >= 0.3 is 27.3 Å². The summed E-state index contributed by atoms with van der Waals surface area (Å²) in [6.45, 7) is 0. The van der Waals surface area contributed by atoms with Crippen LogP contribution >= 0.6 is 0 Å². The Labute approximate surface area is 77.4 Å². The van der Waals surface area contributed by atoms with Crippen molar-refractivity contribution in [3.8, 4) is 0 Å². The zero-order chi connectivity index (χ0) is 7.71. The molecule has 10 heavy (non-hydrogen) atoms. The molecule has 0 aliphatic carbocycles. The molecule has 0 saturated heterocycles. The van der Waals surface area contributed by atoms with Crippen LogP contribution in [0.15, 0.2) is 0 Å². The second-order valence-electron chi connectivity index (χ2n) is 0.885. The molecule has 0 unspecified atom stereocenters. The third-order valence-electron chi connectivity index (χ3n) is 0.167. The van der Waals surface area contributed by atoms with E-state index in [1.54, 1.807) is 0 Å². The summed E-state index contributed by atoms with van der Waals surface area (Å²) in [4.78, 5) is 0. The van der Waals surface area contributed by atoms with Crippen molar-refractivity contribution in [2.24, 2.45) is 0 Å². The van der Waals surface area contributed by atoms with Gasteiger partial charge in [-0.15, -0.1) is 0 Å². The molecule has 0 aliphatic heterocycles. The zero-order valence-corrected chi connectivity index (χ0v) is 9.69. The zero-order valence-electron chi connectivity index (χ0n) is 4.17. The van der Waals surface area contributed by atoms with Crippen LogP contribution in [0.5, 0.6) is 0 Å². The van der Waals surface area contributed by atoms with Crippen LogP contribution in [0.2, 0.25) is 0 Å². The van der Waals surface area contributed by atoms with Crippen molar-refractivity contribution in [1.29, 1.82) is 0 Å². The summed E-state index contributed by atoms with van der Waals surface area (Å²) in [6, 6.07) is 0. The summed E-state index contributed by atoms with van der Waals surface area (Å²) < 4.78 is 58.2. The average Bonchev–Trinajstić information content (AvgIpc) is 1.14. The summed E-state index contributed by atoms with van der Waals surface area (Å²) in [5.41, 5.74) is 0. The smallest absolute Gasteiger partial charge is 0.725 e. The van der Waals surface area contributed by atoms with E-state index in [1.807, 2.05) is 0 Å². The summed E-state index contributed by atoms with van der Waals surface area (Å²) >= 11 is 0. The predicted molar refractivity (Wildman–Crippen MR) is 26.2 cm³/mol. The second kappa shape index (κ2) is 3.91. The van der Waals surface area contributed by atoms with Crippen LogP contribution in [0.1, 0.15) is 0 Å². The first kappa shape index (κ1) is 13.3. The Kier molecular flexibility index (Phi) is 5.21. The van der Waals surface area contributed by atoms with E-state index in [0.717, 1.165) is 0 Å². The van der Waals surface area contributed by atoms with E-state index in [1.165, 1.54) is 0 Å². The van der Waals surface area contributed by atoms with Crippen molar-refractivity contribution >= 4 is 48.1 Å². The van der Waals surface area contributed by atoms with E-state index in [9.17, 15) is 25.9 Å². The maximum Gasteiger partial charge on any atom is 2.00 e. The van der Waals surface area contributed by atoms with Crippen molar-refractivity contribution in [3.63, 3.8) is 0 Å². The van der Waals surface area contributed by atoms with E-state index in [0.29, 0.717) is 0 Å². The van der Waals surface area contributed by atoms with Crippen molar-refractivity contribution < 1.29 is 29.6 Å². The molecule has 0 N–H and O–H groups in total. The van der Waals surface area contributed by atoms with Gasteiger partial charge in [-0.1, -0.05) is 0 Å². The molecule has 0 aliphatic rings. The normalized spacial score (nSPS) is 12.2. The molecule has 2 radical (unpaired) electrons. The molecular weight excluding hydrogens is 383 g/mol. The second-order valence-corrected chi connectivity index (χ2v) is 3.06. The van der Waals surface area contributed by atoms with Crippen LogP contribution in [0.4, 0.5) is 0 Å². The van der Waals surface area contributed by atoms with E-state index < -0.39 is 20.8 Å². The molecule has 0 aromatic heterocycles. The molecule has 58 valence electrons.